The van der Waals surface area contributed by atoms with Crippen LogP contribution < -0.4 is 10.3 Å². The number of benzene rings is 1. The molecule has 1 atom stereocenters. The summed E-state index contributed by atoms with van der Waals surface area (Å²) in [6.45, 7) is 1.94. The van der Waals surface area contributed by atoms with Crippen molar-refractivity contribution in [3.63, 3.8) is 0 Å². The number of ether oxygens (including phenoxy) is 2. The van der Waals surface area contributed by atoms with E-state index in [1.54, 1.807) is 26.4 Å². The average molecular weight is 301 g/mol. The molecular weight excluding hydrogens is 282 g/mol. The summed E-state index contributed by atoms with van der Waals surface area (Å²) in [5, 5.41) is 0. The van der Waals surface area contributed by atoms with E-state index in [-0.39, 0.29) is 17.2 Å². The van der Waals surface area contributed by atoms with Crippen molar-refractivity contribution in [2.75, 3.05) is 7.11 Å². The van der Waals surface area contributed by atoms with E-state index in [9.17, 15) is 9.59 Å². The standard InChI is InChI=1S/C17H19NO4/c1-4-15(12-5-7-14(21-3)8-6-12)22-17(20)13-9-10-18(2)16(19)11-13/h5-11,15H,4H2,1-3H3. The lowest BCUT2D eigenvalue weighted by molar-refractivity contribution is 0.0287. The fraction of sp³-hybridized carbons (Fsp3) is 0.294. The SMILES string of the molecule is CCC(OC(=O)c1ccn(C)c(=O)c1)c1ccc(OC)cc1. The molecule has 22 heavy (non-hydrogen) atoms. The van der Waals surface area contributed by atoms with Crippen LogP contribution in [-0.2, 0) is 11.8 Å². The molecule has 0 N–H and O–H groups in total. The Hall–Kier alpha value is -2.56. The normalized spacial score (nSPS) is 11.8. The van der Waals surface area contributed by atoms with Gasteiger partial charge in [-0.3, -0.25) is 4.79 Å². The van der Waals surface area contributed by atoms with Crippen LogP contribution >= 0.6 is 0 Å². The van der Waals surface area contributed by atoms with Crippen LogP contribution in [0.5, 0.6) is 5.75 Å². The molecule has 1 unspecified atom stereocenters. The maximum Gasteiger partial charge on any atom is 0.338 e. The first-order valence-electron chi connectivity index (χ1n) is 7.06. The third-order valence-corrected chi connectivity index (χ3v) is 3.45. The smallest absolute Gasteiger partial charge is 0.338 e. The predicted octanol–water partition coefficient (Wildman–Crippen LogP) is 2.70. The van der Waals surface area contributed by atoms with E-state index >= 15 is 0 Å². The van der Waals surface area contributed by atoms with Gasteiger partial charge in [0.25, 0.3) is 5.56 Å². The molecule has 0 spiro atoms. The monoisotopic (exact) mass is 301 g/mol. The van der Waals surface area contributed by atoms with Gasteiger partial charge < -0.3 is 14.0 Å². The minimum Gasteiger partial charge on any atom is -0.497 e. The second kappa shape index (κ2) is 6.93. The largest absolute Gasteiger partial charge is 0.497 e. The van der Waals surface area contributed by atoms with Crippen LogP contribution in [-0.4, -0.2) is 17.6 Å². The van der Waals surface area contributed by atoms with Gasteiger partial charge in [-0.05, 0) is 30.2 Å². The quantitative estimate of drug-likeness (QED) is 0.797. The summed E-state index contributed by atoms with van der Waals surface area (Å²) in [6, 6.07) is 10.2. The molecule has 1 heterocycles. The number of esters is 1. The van der Waals surface area contributed by atoms with Gasteiger partial charge in [-0.25, -0.2) is 4.79 Å². The van der Waals surface area contributed by atoms with Crippen molar-refractivity contribution in [2.45, 2.75) is 19.4 Å². The predicted molar refractivity (Wildman–Crippen MR) is 83.1 cm³/mol. The van der Waals surface area contributed by atoms with E-state index in [1.807, 2.05) is 31.2 Å². The van der Waals surface area contributed by atoms with E-state index in [1.165, 1.54) is 10.6 Å². The highest BCUT2D eigenvalue weighted by Crippen LogP contribution is 2.24. The molecule has 0 saturated carbocycles. The molecule has 1 aromatic heterocycles. The molecule has 0 aliphatic carbocycles. The van der Waals surface area contributed by atoms with Crippen LogP contribution in [0.4, 0.5) is 0 Å². The molecule has 0 radical (unpaired) electrons. The van der Waals surface area contributed by atoms with Gasteiger partial charge in [0.2, 0.25) is 0 Å². The summed E-state index contributed by atoms with van der Waals surface area (Å²) in [6.07, 6.45) is 1.83. The van der Waals surface area contributed by atoms with Crippen molar-refractivity contribution in [1.82, 2.24) is 4.57 Å². The van der Waals surface area contributed by atoms with Crippen LogP contribution in [0.3, 0.4) is 0 Å². The highest BCUT2D eigenvalue weighted by molar-refractivity contribution is 5.89. The number of aryl methyl sites for hydroxylation is 1. The van der Waals surface area contributed by atoms with Crippen molar-refractivity contribution in [3.8, 4) is 5.75 Å². The Labute approximate surface area is 129 Å². The van der Waals surface area contributed by atoms with Crippen LogP contribution in [0.2, 0.25) is 0 Å². The molecule has 0 aliphatic rings. The molecule has 0 saturated heterocycles. The van der Waals surface area contributed by atoms with E-state index in [0.29, 0.717) is 6.42 Å². The Bertz CT molecular complexity index is 703. The van der Waals surface area contributed by atoms with Crippen molar-refractivity contribution < 1.29 is 14.3 Å². The van der Waals surface area contributed by atoms with Crippen LogP contribution in [0.1, 0.15) is 35.4 Å². The van der Waals surface area contributed by atoms with Crippen LogP contribution in [0.15, 0.2) is 47.4 Å². The zero-order chi connectivity index (χ0) is 16.1. The Kier molecular flexibility index (Phi) is 4.99. The molecule has 2 aromatic rings. The topological polar surface area (TPSA) is 57.5 Å². The van der Waals surface area contributed by atoms with Crippen molar-refractivity contribution in [2.24, 2.45) is 7.05 Å². The second-order valence-corrected chi connectivity index (χ2v) is 4.94. The number of carbonyl (C=O) groups is 1. The fourth-order valence-corrected chi connectivity index (χ4v) is 2.08. The Morgan fingerprint density at radius 1 is 1.23 bits per heavy atom. The van der Waals surface area contributed by atoms with Gasteiger partial charge >= 0.3 is 5.97 Å². The summed E-state index contributed by atoms with van der Waals surface area (Å²) in [7, 11) is 3.23. The Morgan fingerprint density at radius 2 is 1.91 bits per heavy atom. The molecule has 5 nitrogen and oxygen atoms in total. The highest BCUT2D eigenvalue weighted by Gasteiger charge is 2.17. The first-order valence-corrected chi connectivity index (χ1v) is 7.06. The molecule has 1 aromatic carbocycles. The molecule has 116 valence electrons. The van der Waals surface area contributed by atoms with Crippen molar-refractivity contribution >= 4 is 5.97 Å². The zero-order valence-electron chi connectivity index (χ0n) is 12.9. The lowest BCUT2D eigenvalue weighted by atomic mass is 10.1. The third-order valence-electron chi connectivity index (χ3n) is 3.45. The number of rotatable bonds is 5. The van der Waals surface area contributed by atoms with Gasteiger partial charge in [0.15, 0.2) is 0 Å². The molecule has 0 fully saturated rings. The second-order valence-electron chi connectivity index (χ2n) is 4.94. The van der Waals surface area contributed by atoms with Crippen LogP contribution in [0.25, 0.3) is 0 Å². The van der Waals surface area contributed by atoms with Crippen molar-refractivity contribution in [3.05, 3.63) is 64.1 Å². The maximum atomic E-state index is 12.2. The van der Waals surface area contributed by atoms with Crippen LogP contribution in [0, 0.1) is 0 Å². The number of hydrogen-bond acceptors (Lipinski definition) is 4. The zero-order valence-corrected chi connectivity index (χ0v) is 12.9. The number of aromatic nitrogens is 1. The number of methoxy groups -OCH3 is 1. The number of carbonyl (C=O) groups excluding carboxylic acids is 1. The van der Waals surface area contributed by atoms with E-state index in [4.69, 9.17) is 9.47 Å². The first-order chi connectivity index (χ1) is 10.5. The van der Waals surface area contributed by atoms with Gasteiger partial charge in [-0.2, -0.15) is 0 Å². The van der Waals surface area contributed by atoms with Gasteiger partial charge in [0, 0.05) is 19.3 Å². The Morgan fingerprint density at radius 3 is 2.45 bits per heavy atom. The number of pyridine rings is 1. The third kappa shape index (κ3) is 3.55. The van der Waals surface area contributed by atoms with Gasteiger partial charge in [0.05, 0.1) is 12.7 Å². The molecule has 0 amide bonds. The number of nitrogens with zero attached hydrogens (tertiary/aromatic N) is 1. The maximum absolute atomic E-state index is 12.2. The Balaban J connectivity index is 2.16. The van der Waals surface area contributed by atoms with E-state index in [0.717, 1.165) is 11.3 Å². The van der Waals surface area contributed by atoms with Gasteiger partial charge in [0.1, 0.15) is 11.9 Å². The molecular formula is C17H19NO4. The van der Waals surface area contributed by atoms with Gasteiger partial charge in [-0.1, -0.05) is 19.1 Å². The summed E-state index contributed by atoms with van der Waals surface area (Å²) < 4.78 is 12.0. The molecule has 5 heteroatoms. The minimum absolute atomic E-state index is 0.244. The highest BCUT2D eigenvalue weighted by atomic mass is 16.5. The van der Waals surface area contributed by atoms with Gasteiger partial charge in [-0.15, -0.1) is 0 Å². The minimum atomic E-state index is -0.500. The first kappa shape index (κ1) is 15.8. The average Bonchev–Trinajstić information content (AvgIpc) is 2.55. The van der Waals surface area contributed by atoms with Crippen molar-refractivity contribution in [1.29, 1.82) is 0 Å². The molecule has 2 rings (SSSR count). The molecule has 0 bridgehead atoms. The summed E-state index contributed by atoms with van der Waals surface area (Å²) in [5.41, 5.74) is 0.905. The van der Waals surface area contributed by atoms with E-state index in [2.05, 4.69) is 0 Å². The lowest BCUT2D eigenvalue weighted by Crippen LogP contribution is -2.18. The summed E-state index contributed by atoms with van der Waals surface area (Å²) in [4.78, 5) is 23.8. The molecule has 0 aliphatic heterocycles. The van der Waals surface area contributed by atoms with E-state index < -0.39 is 5.97 Å². The number of hydrogen-bond donors (Lipinski definition) is 0. The lowest BCUT2D eigenvalue weighted by Gasteiger charge is -2.17. The summed E-state index contributed by atoms with van der Waals surface area (Å²) in [5.74, 6) is 0.247. The summed E-state index contributed by atoms with van der Waals surface area (Å²) >= 11 is 0. The fourth-order valence-electron chi connectivity index (χ4n) is 2.08.